The molecule has 0 spiro atoms. The Kier molecular flexibility index (Phi) is 7.37. The summed E-state index contributed by atoms with van der Waals surface area (Å²) in [4.78, 5) is 0. The van der Waals surface area contributed by atoms with Crippen molar-refractivity contribution in [1.82, 2.24) is 0 Å². The molecule has 1 aliphatic carbocycles. The summed E-state index contributed by atoms with van der Waals surface area (Å²) in [6.07, 6.45) is 7.02. The lowest BCUT2D eigenvalue weighted by molar-refractivity contribution is 0.0760. The van der Waals surface area contributed by atoms with Crippen LogP contribution >= 0.6 is 0 Å². The first-order chi connectivity index (χ1) is 14.7. The molecular formula is C26H36N2O3. The number of nitrogens with two attached hydrogens (primary N) is 2. The fraction of sp³-hybridized carbons (Fsp3) is 0.462. The molecule has 1 aliphatic rings. The molecule has 1 saturated carbocycles. The van der Waals surface area contributed by atoms with Gasteiger partial charge in [-0.25, -0.2) is 0 Å². The van der Waals surface area contributed by atoms with Gasteiger partial charge < -0.3 is 25.7 Å². The van der Waals surface area contributed by atoms with Gasteiger partial charge in [0.05, 0.1) is 11.9 Å². The van der Waals surface area contributed by atoms with Crippen LogP contribution in [0.1, 0.15) is 64.9 Å². The number of hydrogen-bond acceptors (Lipinski definition) is 5. The summed E-state index contributed by atoms with van der Waals surface area (Å²) in [5.41, 5.74) is 14.2. The van der Waals surface area contributed by atoms with Crippen molar-refractivity contribution in [1.29, 1.82) is 0 Å². The zero-order valence-electron chi connectivity index (χ0n) is 19.2. The minimum atomic E-state index is 0.103. The highest BCUT2D eigenvalue weighted by Crippen LogP contribution is 2.35. The molecule has 0 aliphatic heterocycles. The second-order valence-corrected chi connectivity index (χ2v) is 9.52. The van der Waals surface area contributed by atoms with Crippen molar-refractivity contribution in [2.24, 2.45) is 5.41 Å². The molecule has 168 valence electrons. The van der Waals surface area contributed by atoms with Crippen LogP contribution in [0.5, 0.6) is 11.5 Å². The molecule has 3 rings (SSSR count). The van der Waals surface area contributed by atoms with E-state index in [1.807, 2.05) is 12.1 Å². The second-order valence-electron chi connectivity index (χ2n) is 9.52. The minimum absolute atomic E-state index is 0.103. The number of benzene rings is 2. The molecule has 2 aromatic rings. The van der Waals surface area contributed by atoms with Crippen molar-refractivity contribution >= 4 is 11.4 Å². The molecule has 0 atom stereocenters. The Balaban J connectivity index is 1.45. The van der Waals surface area contributed by atoms with Gasteiger partial charge in [0.2, 0.25) is 6.79 Å². The Labute approximate surface area is 186 Å². The van der Waals surface area contributed by atoms with Crippen LogP contribution in [0, 0.1) is 5.41 Å². The van der Waals surface area contributed by atoms with Crippen LogP contribution in [0.2, 0.25) is 0 Å². The van der Waals surface area contributed by atoms with Gasteiger partial charge in [-0.15, -0.1) is 0 Å². The minimum Gasteiger partial charge on any atom is -0.495 e. The molecule has 1 fully saturated rings. The summed E-state index contributed by atoms with van der Waals surface area (Å²) in [7, 11) is 0. The summed E-state index contributed by atoms with van der Waals surface area (Å²) in [5, 5.41) is 0. The molecule has 0 aromatic heterocycles. The first kappa shape index (κ1) is 22.9. The normalized spacial score (nSPS) is 19.7. The zero-order valence-corrected chi connectivity index (χ0v) is 19.2. The van der Waals surface area contributed by atoms with Crippen LogP contribution in [-0.2, 0) is 4.74 Å². The van der Waals surface area contributed by atoms with Crippen molar-refractivity contribution in [2.45, 2.75) is 65.4 Å². The van der Waals surface area contributed by atoms with Gasteiger partial charge in [-0.05, 0) is 73.8 Å². The van der Waals surface area contributed by atoms with E-state index in [1.165, 1.54) is 5.56 Å². The molecular weight excluding hydrogens is 388 g/mol. The highest BCUT2D eigenvalue weighted by molar-refractivity contribution is 5.56. The Morgan fingerprint density at radius 3 is 2.06 bits per heavy atom. The maximum atomic E-state index is 6.18. The van der Waals surface area contributed by atoms with E-state index >= 15 is 0 Å². The number of allylic oxidation sites excluding steroid dienone is 2. The monoisotopic (exact) mass is 424 g/mol. The third-order valence-corrected chi connectivity index (χ3v) is 5.42. The molecule has 5 heteroatoms. The number of hydrogen-bond donors (Lipinski definition) is 2. The summed E-state index contributed by atoms with van der Waals surface area (Å²) < 4.78 is 17.5. The Hall–Kier alpha value is -2.82. The van der Waals surface area contributed by atoms with E-state index in [0.29, 0.717) is 29.1 Å². The van der Waals surface area contributed by atoms with Crippen LogP contribution in [0.3, 0.4) is 0 Å². The first-order valence-electron chi connectivity index (χ1n) is 11.1. The number of nitrogen functional groups attached to an aromatic ring is 2. The van der Waals surface area contributed by atoms with E-state index in [1.54, 1.807) is 18.2 Å². The van der Waals surface area contributed by atoms with Crippen molar-refractivity contribution < 1.29 is 14.2 Å². The van der Waals surface area contributed by atoms with E-state index in [9.17, 15) is 0 Å². The molecule has 0 unspecified atom stereocenters. The van der Waals surface area contributed by atoms with Gasteiger partial charge in [-0.3, -0.25) is 0 Å². The summed E-state index contributed by atoms with van der Waals surface area (Å²) in [6, 6.07) is 13.5. The average Bonchev–Trinajstić information content (AvgIpc) is 2.67. The van der Waals surface area contributed by atoms with Gasteiger partial charge in [0.15, 0.2) is 0 Å². The summed E-state index contributed by atoms with van der Waals surface area (Å²) in [6.45, 7) is 8.77. The molecule has 0 saturated heterocycles. The van der Waals surface area contributed by atoms with Crippen molar-refractivity contribution in [2.75, 3.05) is 18.3 Å². The largest absolute Gasteiger partial charge is 0.495 e. The van der Waals surface area contributed by atoms with Crippen LogP contribution in [0.4, 0.5) is 11.4 Å². The Morgan fingerprint density at radius 2 is 1.48 bits per heavy atom. The van der Waals surface area contributed by atoms with Crippen molar-refractivity contribution in [3.8, 4) is 11.5 Å². The Bertz CT molecular complexity index is 856. The van der Waals surface area contributed by atoms with E-state index in [-0.39, 0.29) is 12.2 Å². The maximum Gasteiger partial charge on any atom is 0.230 e. The molecule has 0 heterocycles. The van der Waals surface area contributed by atoms with E-state index < -0.39 is 0 Å². The van der Waals surface area contributed by atoms with E-state index in [4.69, 9.17) is 25.7 Å². The van der Waals surface area contributed by atoms with Crippen molar-refractivity contribution in [3.63, 3.8) is 0 Å². The lowest BCUT2D eigenvalue weighted by Gasteiger charge is -2.30. The molecule has 0 bridgehead atoms. The number of ether oxygens (including phenoxy) is 3. The van der Waals surface area contributed by atoms with Crippen LogP contribution in [-0.4, -0.2) is 12.9 Å². The second kappa shape index (κ2) is 9.99. The molecule has 2 aromatic carbocycles. The summed E-state index contributed by atoms with van der Waals surface area (Å²) >= 11 is 0. The fourth-order valence-electron chi connectivity index (χ4n) is 4.15. The van der Waals surface area contributed by atoms with Crippen molar-refractivity contribution in [3.05, 3.63) is 59.9 Å². The molecule has 4 N–H and O–H groups in total. The van der Waals surface area contributed by atoms with E-state index in [2.05, 4.69) is 45.9 Å². The predicted molar refractivity (Wildman–Crippen MR) is 127 cm³/mol. The topological polar surface area (TPSA) is 79.7 Å². The number of anilines is 2. The van der Waals surface area contributed by atoms with Gasteiger partial charge >= 0.3 is 0 Å². The quantitative estimate of drug-likeness (QED) is 0.311. The maximum absolute atomic E-state index is 6.18. The lowest BCUT2D eigenvalue weighted by atomic mass is 9.82. The van der Waals surface area contributed by atoms with Gasteiger partial charge in [0.25, 0.3) is 0 Å². The average molecular weight is 425 g/mol. The van der Waals surface area contributed by atoms with Gasteiger partial charge in [-0.2, -0.15) is 0 Å². The molecule has 5 nitrogen and oxygen atoms in total. The number of rotatable bonds is 7. The standard InChI is InChI=1S/C26H36N2O3/c1-18(16-26(2,3)4)31-24-11-7-20(8-12-24)19-5-9-23(10-6-19)29-17-30-25-14-21(27)13-22(28)15-25/h5-6,9-10,13-16,20,24H,7-8,11-12,17,27-28H2,1-4H3/b18-16+. The van der Waals surface area contributed by atoms with Crippen LogP contribution in [0.15, 0.2) is 54.3 Å². The summed E-state index contributed by atoms with van der Waals surface area (Å²) in [5.74, 6) is 2.99. The third kappa shape index (κ3) is 7.42. The SMILES string of the molecule is C/C(=C\C(C)(C)C)OC1CCC(c2ccc(OCOc3cc(N)cc(N)c3)cc2)CC1. The zero-order chi connectivity index (χ0) is 22.4. The molecule has 0 radical (unpaired) electrons. The van der Waals surface area contributed by atoms with Crippen LogP contribution < -0.4 is 20.9 Å². The molecule has 0 amide bonds. The lowest BCUT2D eigenvalue weighted by Crippen LogP contribution is -2.20. The first-order valence-corrected chi connectivity index (χ1v) is 11.1. The van der Waals surface area contributed by atoms with E-state index in [0.717, 1.165) is 37.2 Å². The fourth-order valence-corrected chi connectivity index (χ4v) is 4.15. The highest BCUT2D eigenvalue weighted by Gasteiger charge is 2.24. The predicted octanol–water partition coefficient (Wildman–Crippen LogP) is 6.26. The van der Waals surface area contributed by atoms with Gasteiger partial charge in [0.1, 0.15) is 11.5 Å². The Morgan fingerprint density at radius 1 is 0.903 bits per heavy atom. The smallest absolute Gasteiger partial charge is 0.230 e. The highest BCUT2D eigenvalue weighted by atomic mass is 16.7. The van der Waals surface area contributed by atoms with Gasteiger partial charge in [0, 0.05) is 23.5 Å². The molecule has 31 heavy (non-hydrogen) atoms. The third-order valence-electron chi connectivity index (χ3n) is 5.42. The van der Waals surface area contributed by atoms with Gasteiger partial charge in [-0.1, -0.05) is 32.9 Å². The van der Waals surface area contributed by atoms with Crippen LogP contribution in [0.25, 0.3) is 0 Å².